The van der Waals surface area contributed by atoms with Crippen LogP contribution in [0.4, 0.5) is 0 Å². The van der Waals surface area contributed by atoms with E-state index in [1.807, 2.05) is 12.1 Å². The first-order valence-corrected chi connectivity index (χ1v) is 10.2. The number of benzene rings is 2. The molecule has 0 atom stereocenters. The van der Waals surface area contributed by atoms with Gasteiger partial charge in [-0.05, 0) is 48.4 Å². The van der Waals surface area contributed by atoms with Crippen LogP contribution in [0.5, 0.6) is 0 Å². The normalized spacial score (nSPS) is 15.3. The number of imide groups is 1. The van der Waals surface area contributed by atoms with E-state index in [-0.39, 0.29) is 17.4 Å². The summed E-state index contributed by atoms with van der Waals surface area (Å²) in [5, 5.41) is 11.0. The minimum Gasteiger partial charge on any atom is -0.478 e. The molecule has 0 bridgehead atoms. The van der Waals surface area contributed by atoms with Crippen molar-refractivity contribution in [1.29, 1.82) is 0 Å². The Hall–Kier alpha value is -2.86. The molecule has 6 heteroatoms. The maximum absolute atomic E-state index is 12.9. The molecule has 2 aromatic rings. The van der Waals surface area contributed by atoms with Gasteiger partial charge in [-0.1, -0.05) is 30.3 Å². The lowest BCUT2D eigenvalue weighted by atomic mass is 9.91. The molecule has 0 fully saturated rings. The lowest BCUT2D eigenvalue weighted by Gasteiger charge is -2.28. The van der Waals surface area contributed by atoms with Crippen LogP contribution in [0.3, 0.4) is 0 Å². The van der Waals surface area contributed by atoms with Crippen LogP contribution in [0.25, 0.3) is 11.6 Å². The molecule has 2 aromatic carbocycles. The Balaban J connectivity index is 1.47. The molecule has 2 aliphatic rings. The fourth-order valence-corrected chi connectivity index (χ4v) is 4.72. The Morgan fingerprint density at radius 1 is 1.07 bits per heavy atom. The SMILES string of the molecule is O=C(O)c1ccccc1SCCCN1C(=O)C2=c3c(cccc3=CCC2)C1=O. The Kier molecular flexibility index (Phi) is 5.05. The molecule has 0 unspecified atom stereocenters. The van der Waals surface area contributed by atoms with Crippen LogP contribution in [0.2, 0.25) is 0 Å². The fourth-order valence-electron chi connectivity index (χ4n) is 3.74. The number of nitrogens with zero attached hydrogens (tertiary/aromatic N) is 1. The summed E-state index contributed by atoms with van der Waals surface area (Å²) in [6, 6.07) is 12.5. The molecular weight excluding hydrogens is 374 g/mol. The minimum absolute atomic E-state index is 0.186. The maximum Gasteiger partial charge on any atom is 0.336 e. The van der Waals surface area contributed by atoms with Gasteiger partial charge in [0.25, 0.3) is 11.8 Å². The van der Waals surface area contributed by atoms with E-state index < -0.39 is 5.97 Å². The van der Waals surface area contributed by atoms with Crippen molar-refractivity contribution in [3.63, 3.8) is 0 Å². The van der Waals surface area contributed by atoms with Gasteiger partial charge in [0.15, 0.2) is 0 Å². The summed E-state index contributed by atoms with van der Waals surface area (Å²) >= 11 is 1.43. The quantitative estimate of drug-likeness (QED) is 0.463. The first kappa shape index (κ1) is 18.5. The third-order valence-corrected chi connectivity index (χ3v) is 6.20. The predicted octanol–water partition coefficient (Wildman–Crippen LogP) is 2.27. The molecule has 1 aliphatic heterocycles. The van der Waals surface area contributed by atoms with Crippen LogP contribution in [0.15, 0.2) is 47.4 Å². The van der Waals surface area contributed by atoms with Crippen molar-refractivity contribution >= 4 is 41.2 Å². The van der Waals surface area contributed by atoms with Crippen molar-refractivity contribution < 1.29 is 19.5 Å². The van der Waals surface area contributed by atoms with E-state index in [0.29, 0.717) is 35.6 Å². The van der Waals surface area contributed by atoms with Crippen LogP contribution >= 0.6 is 11.8 Å². The van der Waals surface area contributed by atoms with Crippen molar-refractivity contribution in [3.05, 3.63) is 64.0 Å². The number of carboxylic acids is 1. The molecule has 0 aromatic heterocycles. The van der Waals surface area contributed by atoms with Crippen molar-refractivity contribution in [2.24, 2.45) is 0 Å². The fraction of sp³-hybridized carbons (Fsp3) is 0.227. The maximum atomic E-state index is 12.9. The van der Waals surface area contributed by atoms with Gasteiger partial charge >= 0.3 is 5.97 Å². The smallest absolute Gasteiger partial charge is 0.336 e. The van der Waals surface area contributed by atoms with Gasteiger partial charge in [0.1, 0.15) is 0 Å². The lowest BCUT2D eigenvalue weighted by molar-refractivity contribution is -0.123. The summed E-state index contributed by atoms with van der Waals surface area (Å²) < 4.78 is 0. The molecule has 1 aliphatic carbocycles. The number of hydrogen-bond donors (Lipinski definition) is 1. The van der Waals surface area contributed by atoms with Gasteiger partial charge in [0.05, 0.1) is 5.56 Å². The summed E-state index contributed by atoms with van der Waals surface area (Å²) in [5.41, 5.74) is 1.61. The van der Waals surface area contributed by atoms with E-state index in [2.05, 4.69) is 6.08 Å². The standard InChI is InChI=1S/C22H19NO4S/c24-20-16-9-3-6-14-7-4-10-17(19(14)16)21(25)23(20)12-5-13-28-18-11-2-1-8-15(18)22(26)27/h1-3,6-9,11H,4-5,10,12-13H2,(H,26,27). The minimum atomic E-state index is -0.956. The molecule has 28 heavy (non-hydrogen) atoms. The summed E-state index contributed by atoms with van der Waals surface area (Å²) in [6.07, 6.45) is 4.15. The highest BCUT2D eigenvalue weighted by atomic mass is 32.2. The van der Waals surface area contributed by atoms with Crippen molar-refractivity contribution in [3.8, 4) is 0 Å². The predicted molar refractivity (Wildman–Crippen MR) is 108 cm³/mol. The molecule has 1 N–H and O–H groups in total. The molecule has 0 spiro atoms. The second-order valence-corrected chi connectivity index (χ2v) is 7.89. The second-order valence-electron chi connectivity index (χ2n) is 6.76. The number of aromatic carboxylic acids is 1. The molecule has 4 rings (SSSR count). The van der Waals surface area contributed by atoms with Crippen LogP contribution in [-0.4, -0.2) is 40.1 Å². The van der Waals surface area contributed by atoms with Gasteiger partial charge in [0.2, 0.25) is 0 Å². The molecule has 2 amide bonds. The molecule has 142 valence electrons. The van der Waals surface area contributed by atoms with Crippen LogP contribution in [0, 0.1) is 0 Å². The van der Waals surface area contributed by atoms with E-state index in [1.165, 1.54) is 16.7 Å². The van der Waals surface area contributed by atoms with E-state index in [4.69, 9.17) is 0 Å². The van der Waals surface area contributed by atoms with E-state index in [9.17, 15) is 19.5 Å². The molecule has 0 saturated heterocycles. The first-order valence-electron chi connectivity index (χ1n) is 9.21. The zero-order chi connectivity index (χ0) is 19.7. The van der Waals surface area contributed by atoms with Crippen LogP contribution in [0.1, 0.15) is 40.0 Å². The van der Waals surface area contributed by atoms with Crippen molar-refractivity contribution in [2.45, 2.75) is 24.2 Å². The second kappa shape index (κ2) is 7.64. The molecule has 0 saturated carbocycles. The number of carbonyl (C=O) groups excluding carboxylic acids is 2. The van der Waals surface area contributed by atoms with Crippen LogP contribution < -0.4 is 10.4 Å². The Morgan fingerprint density at radius 2 is 1.89 bits per heavy atom. The Morgan fingerprint density at radius 3 is 2.71 bits per heavy atom. The van der Waals surface area contributed by atoms with Crippen LogP contribution in [-0.2, 0) is 4.79 Å². The molecule has 5 nitrogen and oxygen atoms in total. The number of hydrogen-bond acceptors (Lipinski definition) is 4. The van der Waals surface area contributed by atoms with E-state index >= 15 is 0 Å². The number of carboxylic acid groups (broad SMARTS) is 1. The van der Waals surface area contributed by atoms with Gasteiger partial charge in [0, 0.05) is 27.8 Å². The summed E-state index contributed by atoms with van der Waals surface area (Å²) in [4.78, 5) is 39.1. The largest absolute Gasteiger partial charge is 0.478 e. The third kappa shape index (κ3) is 3.24. The average Bonchev–Trinajstić information content (AvgIpc) is 2.71. The molecular formula is C22H19NO4S. The van der Waals surface area contributed by atoms with Gasteiger partial charge in [-0.15, -0.1) is 11.8 Å². The Bertz CT molecular complexity index is 1110. The van der Waals surface area contributed by atoms with Gasteiger partial charge in [-0.2, -0.15) is 0 Å². The van der Waals surface area contributed by atoms with Gasteiger partial charge in [-0.3, -0.25) is 14.5 Å². The molecule has 1 heterocycles. The van der Waals surface area contributed by atoms with E-state index in [1.54, 1.807) is 30.3 Å². The van der Waals surface area contributed by atoms with Crippen molar-refractivity contribution in [2.75, 3.05) is 12.3 Å². The monoisotopic (exact) mass is 393 g/mol. The highest BCUT2D eigenvalue weighted by Gasteiger charge is 2.32. The third-order valence-electron chi connectivity index (χ3n) is 5.04. The molecule has 0 radical (unpaired) electrons. The zero-order valence-corrected chi connectivity index (χ0v) is 16.0. The van der Waals surface area contributed by atoms with Gasteiger partial charge < -0.3 is 5.11 Å². The van der Waals surface area contributed by atoms with Gasteiger partial charge in [-0.25, -0.2) is 4.79 Å². The lowest BCUT2D eigenvalue weighted by Crippen LogP contribution is -2.51. The topological polar surface area (TPSA) is 74.7 Å². The summed E-state index contributed by atoms with van der Waals surface area (Å²) in [5.74, 6) is -0.759. The summed E-state index contributed by atoms with van der Waals surface area (Å²) in [7, 11) is 0. The first-order chi connectivity index (χ1) is 13.6. The highest BCUT2D eigenvalue weighted by molar-refractivity contribution is 7.99. The number of amides is 2. The summed E-state index contributed by atoms with van der Waals surface area (Å²) in [6.45, 7) is 0.330. The average molecular weight is 393 g/mol. The number of thioether (sulfide) groups is 1. The van der Waals surface area contributed by atoms with Crippen molar-refractivity contribution in [1.82, 2.24) is 4.90 Å². The number of carbonyl (C=O) groups is 3. The highest BCUT2D eigenvalue weighted by Crippen LogP contribution is 2.24. The zero-order valence-electron chi connectivity index (χ0n) is 15.2. The number of rotatable bonds is 6. The van der Waals surface area contributed by atoms with E-state index in [0.717, 1.165) is 22.4 Å². The Labute approximate surface area is 166 Å².